The van der Waals surface area contributed by atoms with Gasteiger partial charge in [0.1, 0.15) is 0 Å². The zero-order valence-electron chi connectivity index (χ0n) is 13.7. The summed E-state index contributed by atoms with van der Waals surface area (Å²) in [7, 11) is 0. The molecule has 0 heterocycles. The Hall–Kier alpha value is -0.120. The third-order valence-electron chi connectivity index (χ3n) is 4.91. The van der Waals surface area contributed by atoms with Gasteiger partial charge in [0.25, 0.3) is 0 Å². The molecule has 1 unspecified atom stereocenters. The molecule has 0 aromatic heterocycles. The van der Waals surface area contributed by atoms with Gasteiger partial charge in [0.15, 0.2) is 0 Å². The van der Waals surface area contributed by atoms with Crippen molar-refractivity contribution in [3.05, 3.63) is 0 Å². The maximum atomic E-state index is 10.1. The Labute approximate surface area is 125 Å². The zero-order chi connectivity index (χ0) is 14.6. The molecule has 2 fully saturated rings. The Morgan fingerprint density at radius 2 is 1.95 bits per heavy atom. The fourth-order valence-electron chi connectivity index (χ4n) is 3.19. The molecule has 0 amide bonds. The zero-order valence-corrected chi connectivity index (χ0v) is 13.7. The molecule has 1 atom stereocenters. The average Bonchev–Trinajstić information content (AvgIpc) is 3.29. The number of rotatable bonds is 11. The van der Waals surface area contributed by atoms with Crippen LogP contribution in [0.15, 0.2) is 0 Å². The van der Waals surface area contributed by atoms with Gasteiger partial charge in [0, 0.05) is 12.6 Å². The fourth-order valence-corrected chi connectivity index (χ4v) is 3.19. The first-order valence-electron chi connectivity index (χ1n) is 8.71. The molecule has 20 heavy (non-hydrogen) atoms. The summed E-state index contributed by atoms with van der Waals surface area (Å²) in [6.07, 6.45) is 7.72. The molecule has 2 aliphatic carbocycles. The third-order valence-corrected chi connectivity index (χ3v) is 4.91. The summed E-state index contributed by atoms with van der Waals surface area (Å²) in [4.78, 5) is 2.66. The predicted octanol–water partition coefficient (Wildman–Crippen LogP) is 2.64. The lowest BCUT2D eigenvalue weighted by atomic mass is 9.92. The first kappa shape index (κ1) is 16.3. The molecule has 3 heteroatoms. The van der Waals surface area contributed by atoms with Crippen LogP contribution >= 0.6 is 0 Å². The summed E-state index contributed by atoms with van der Waals surface area (Å²) in [5, 5.41) is 13.8. The molecular weight excluding hydrogens is 248 g/mol. The third kappa shape index (κ3) is 4.44. The van der Waals surface area contributed by atoms with Crippen molar-refractivity contribution >= 4 is 0 Å². The highest BCUT2D eigenvalue weighted by Crippen LogP contribution is 2.41. The van der Waals surface area contributed by atoms with E-state index < -0.39 is 0 Å². The van der Waals surface area contributed by atoms with Gasteiger partial charge in [-0.15, -0.1) is 0 Å². The van der Waals surface area contributed by atoms with Crippen molar-refractivity contribution in [2.24, 2.45) is 11.8 Å². The molecular formula is C17H34N2O. The lowest BCUT2D eigenvalue weighted by Crippen LogP contribution is -2.58. The lowest BCUT2D eigenvalue weighted by molar-refractivity contribution is 0.0846. The van der Waals surface area contributed by atoms with Crippen LogP contribution in [0.1, 0.15) is 59.3 Å². The van der Waals surface area contributed by atoms with Gasteiger partial charge in [-0.1, -0.05) is 20.8 Å². The van der Waals surface area contributed by atoms with Crippen LogP contribution in [0.3, 0.4) is 0 Å². The molecule has 2 aliphatic rings. The van der Waals surface area contributed by atoms with Crippen LogP contribution in [-0.2, 0) is 0 Å². The quantitative estimate of drug-likeness (QED) is 0.611. The number of aliphatic hydroxyl groups excluding tert-OH is 1. The van der Waals surface area contributed by atoms with E-state index in [1.54, 1.807) is 0 Å². The summed E-state index contributed by atoms with van der Waals surface area (Å²) in [6, 6.07) is 0.793. The number of hydrogen-bond donors (Lipinski definition) is 2. The highest BCUT2D eigenvalue weighted by Gasteiger charge is 2.46. The van der Waals surface area contributed by atoms with Gasteiger partial charge in [-0.05, 0) is 63.5 Å². The van der Waals surface area contributed by atoms with Crippen LogP contribution < -0.4 is 5.32 Å². The normalized spacial score (nSPS) is 22.5. The van der Waals surface area contributed by atoms with Gasteiger partial charge >= 0.3 is 0 Å². The number of aliphatic hydroxyl groups is 1. The van der Waals surface area contributed by atoms with E-state index in [0.29, 0.717) is 12.5 Å². The number of nitrogens with zero attached hydrogens (tertiary/aromatic N) is 1. The van der Waals surface area contributed by atoms with E-state index in [-0.39, 0.29) is 5.54 Å². The van der Waals surface area contributed by atoms with Gasteiger partial charge in [0.05, 0.1) is 12.1 Å². The molecule has 2 N–H and O–H groups in total. The van der Waals surface area contributed by atoms with E-state index in [1.165, 1.54) is 38.6 Å². The van der Waals surface area contributed by atoms with Crippen molar-refractivity contribution in [2.45, 2.75) is 70.9 Å². The van der Waals surface area contributed by atoms with Gasteiger partial charge in [-0.3, -0.25) is 4.90 Å². The molecule has 0 aliphatic heterocycles. The largest absolute Gasteiger partial charge is 0.394 e. The minimum Gasteiger partial charge on any atom is -0.394 e. The second kappa shape index (κ2) is 7.24. The molecule has 0 spiro atoms. The van der Waals surface area contributed by atoms with E-state index in [1.807, 2.05) is 0 Å². The molecule has 0 aromatic carbocycles. The van der Waals surface area contributed by atoms with Crippen LogP contribution in [0, 0.1) is 11.8 Å². The van der Waals surface area contributed by atoms with Crippen molar-refractivity contribution in [1.29, 1.82) is 0 Å². The van der Waals surface area contributed by atoms with Gasteiger partial charge in [-0.2, -0.15) is 0 Å². The maximum Gasteiger partial charge on any atom is 0.0628 e. The molecule has 0 radical (unpaired) electrons. The summed E-state index contributed by atoms with van der Waals surface area (Å²) in [5.41, 5.74) is -0.0322. The molecule has 0 aromatic rings. The van der Waals surface area contributed by atoms with Crippen molar-refractivity contribution < 1.29 is 5.11 Å². The van der Waals surface area contributed by atoms with Gasteiger partial charge in [0.2, 0.25) is 0 Å². The molecule has 2 rings (SSSR count). The van der Waals surface area contributed by atoms with E-state index in [4.69, 9.17) is 0 Å². The van der Waals surface area contributed by atoms with Crippen LogP contribution in [0.25, 0.3) is 0 Å². The predicted molar refractivity (Wildman–Crippen MR) is 84.9 cm³/mol. The van der Waals surface area contributed by atoms with Crippen LogP contribution in [0.4, 0.5) is 0 Å². The second-order valence-corrected chi connectivity index (χ2v) is 7.40. The Morgan fingerprint density at radius 3 is 2.40 bits per heavy atom. The van der Waals surface area contributed by atoms with Crippen molar-refractivity contribution in [1.82, 2.24) is 10.2 Å². The molecule has 3 nitrogen and oxygen atoms in total. The Bertz CT molecular complexity index is 287. The number of nitrogens with one attached hydrogen (secondary N) is 1. The van der Waals surface area contributed by atoms with Gasteiger partial charge in [-0.25, -0.2) is 0 Å². The highest BCUT2D eigenvalue weighted by atomic mass is 16.3. The SMILES string of the molecule is CCCNC(CO)(CN(CCC(C)C)C1CC1)C1CC1. The van der Waals surface area contributed by atoms with Crippen LogP contribution in [0.2, 0.25) is 0 Å². The summed E-state index contributed by atoms with van der Waals surface area (Å²) < 4.78 is 0. The maximum absolute atomic E-state index is 10.1. The standard InChI is InChI=1S/C17H34N2O/c1-4-10-18-17(13-20,15-5-6-15)12-19(16-7-8-16)11-9-14(2)3/h14-16,18,20H,4-13H2,1-3H3. The first-order chi connectivity index (χ1) is 9.61. The monoisotopic (exact) mass is 282 g/mol. The van der Waals surface area contributed by atoms with Crippen LogP contribution in [-0.4, -0.2) is 47.8 Å². The average molecular weight is 282 g/mol. The number of hydrogen-bond acceptors (Lipinski definition) is 3. The van der Waals surface area contributed by atoms with E-state index >= 15 is 0 Å². The van der Waals surface area contributed by atoms with Gasteiger partial charge < -0.3 is 10.4 Å². The molecule has 0 saturated heterocycles. The van der Waals surface area contributed by atoms with Crippen LogP contribution in [0.5, 0.6) is 0 Å². The van der Waals surface area contributed by atoms with Crippen molar-refractivity contribution in [3.63, 3.8) is 0 Å². The Balaban J connectivity index is 1.95. The molecule has 118 valence electrons. The second-order valence-electron chi connectivity index (χ2n) is 7.40. The summed E-state index contributed by atoms with van der Waals surface area (Å²) >= 11 is 0. The highest BCUT2D eigenvalue weighted by molar-refractivity contribution is 5.04. The Morgan fingerprint density at radius 1 is 1.25 bits per heavy atom. The lowest BCUT2D eigenvalue weighted by Gasteiger charge is -2.39. The smallest absolute Gasteiger partial charge is 0.0628 e. The summed E-state index contributed by atoms with van der Waals surface area (Å²) in [6.45, 7) is 10.4. The minimum absolute atomic E-state index is 0.0322. The van der Waals surface area contributed by atoms with E-state index in [2.05, 4.69) is 31.0 Å². The first-order valence-corrected chi connectivity index (χ1v) is 8.71. The Kier molecular flexibility index (Phi) is 5.88. The summed E-state index contributed by atoms with van der Waals surface area (Å²) in [5.74, 6) is 1.46. The molecule has 2 saturated carbocycles. The van der Waals surface area contributed by atoms with E-state index in [9.17, 15) is 5.11 Å². The minimum atomic E-state index is -0.0322. The van der Waals surface area contributed by atoms with Crippen molar-refractivity contribution in [2.75, 3.05) is 26.2 Å². The topological polar surface area (TPSA) is 35.5 Å². The fraction of sp³-hybridized carbons (Fsp3) is 1.00. The van der Waals surface area contributed by atoms with Crippen molar-refractivity contribution in [3.8, 4) is 0 Å². The molecule has 0 bridgehead atoms. The van der Waals surface area contributed by atoms with E-state index in [0.717, 1.165) is 31.5 Å².